The monoisotopic (exact) mass is 427 g/mol. The number of hydrogen-bond acceptors (Lipinski definition) is 5. The van der Waals surface area contributed by atoms with Crippen molar-refractivity contribution in [3.05, 3.63) is 46.4 Å². The number of nitrogens with one attached hydrogen (secondary N) is 1. The van der Waals surface area contributed by atoms with Crippen molar-refractivity contribution in [1.29, 1.82) is 0 Å². The van der Waals surface area contributed by atoms with Gasteiger partial charge in [-0.2, -0.15) is 5.10 Å². The van der Waals surface area contributed by atoms with E-state index in [1.54, 1.807) is 15.3 Å². The van der Waals surface area contributed by atoms with Crippen LogP contribution >= 0.6 is 11.8 Å². The number of carbonyl (C=O) groups is 1. The Hall–Kier alpha value is -2.61. The number of amides is 1. The van der Waals surface area contributed by atoms with Gasteiger partial charge in [-0.15, -0.1) is 0 Å². The summed E-state index contributed by atoms with van der Waals surface area (Å²) in [7, 11) is 1.81. The molecule has 8 heteroatoms. The number of aryl methyl sites for hydroxylation is 1. The lowest BCUT2D eigenvalue weighted by Crippen LogP contribution is -2.24. The molecule has 0 atom stereocenters. The number of aromatic nitrogens is 4. The smallest absolute Gasteiger partial charge is 0.262 e. The number of rotatable bonds is 7. The highest BCUT2D eigenvalue weighted by atomic mass is 32.2. The summed E-state index contributed by atoms with van der Waals surface area (Å²) in [6, 6.07) is 9.23. The lowest BCUT2D eigenvalue weighted by atomic mass is 9.92. The second-order valence-electron chi connectivity index (χ2n) is 8.35. The molecule has 0 aliphatic rings. The fraction of sp³-hybridized carbons (Fsp3) is 0.455. The van der Waals surface area contributed by atoms with Gasteiger partial charge in [0.05, 0.1) is 22.3 Å². The molecule has 0 saturated carbocycles. The summed E-state index contributed by atoms with van der Waals surface area (Å²) < 4.78 is 3.36. The molecule has 1 N–H and O–H groups in total. The zero-order chi connectivity index (χ0) is 21.9. The van der Waals surface area contributed by atoms with E-state index in [-0.39, 0.29) is 22.6 Å². The van der Waals surface area contributed by atoms with E-state index in [1.807, 2.05) is 31.3 Å². The largest absolute Gasteiger partial charge is 0.310 e. The van der Waals surface area contributed by atoms with Crippen molar-refractivity contribution in [2.24, 2.45) is 7.05 Å². The van der Waals surface area contributed by atoms with E-state index < -0.39 is 0 Å². The van der Waals surface area contributed by atoms with E-state index in [0.717, 1.165) is 18.5 Å². The van der Waals surface area contributed by atoms with Gasteiger partial charge in [0, 0.05) is 25.1 Å². The molecular formula is C22H29N5O2S. The molecule has 30 heavy (non-hydrogen) atoms. The van der Waals surface area contributed by atoms with Crippen LogP contribution in [-0.4, -0.2) is 31.0 Å². The Bertz CT molecular complexity index is 1110. The standard InChI is InChI=1S/C22H29N5O2S/c1-6-7-12-27-20(29)15-10-8-9-11-16(15)23-21(27)30-14-19(28)24-18-13-17(22(2,3)4)25-26(18)5/h8-11,13H,6-7,12,14H2,1-5H3,(H,24,28). The van der Waals surface area contributed by atoms with Gasteiger partial charge in [0.15, 0.2) is 5.16 Å². The van der Waals surface area contributed by atoms with Crippen LogP contribution in [0.15, 0.2) is 40.3 Å². The Labute approximate surface area is 180 Å². The first kappa shape index (κ1) is 22.1. The van der Waals surface area contributed by atoms with Crippen molar-refractivity contribution in [2.45, 2.75) is 57.7 Å². The average Bonchev–Trinajstić information content (AvgIpc) is 3.06. The Morgan fingerprint density at radius 1 is 1.23 bits per heavy atom. The Morgan fingerprint density at radius 3 is 2.63 bits per heavy atom. The number of nitrogens with zero attached hydrogens (tertiary/aromatic N) is 4. The summed E-state index contributed by atoms with van der Waals surface area (Å²) in [4.78, 5) is 30.2. The molecule has 0 spiro atoms. The minimum absolute atomic E-state index is 0.0570. The topological polar surface area (TPSA) is 81.8 Å². The molecule has 0 saturated heterocycles. The first-order chi connectivity index (χ1) is 14.2. The van der Waals surface area contributed by atoms with E-state index in [9.17, 15) is 9.59 Å². The van der Waals surface area contributed by atoms with Gasteiger partial charge in [0.2, 0.25) is 5.91 Å². The summed E-state index contributed by atoms with van der Waals surface area (Å²) in [5.41, 5.74) is 1.41. The van der Waals surface area contributed by atoms with Gasteiger partial charge >= 0.3 is 0 Å². The maximum absolute atomic E-state index is 12.9. The van der Waals surface area contributed by atoms with Crippen LogP contribution in [0.2, 0.25) is 0 Å². The molecular weight excluding hydrogens is 398 g/mol. The lowest BCUT2D eigenvalue weighted by molar-refractivity contribution is -0.113. The Morgan fingerprint density at radius 2 is 1.97 bits per heavy atom. The molecule has 3 aromatic rings. The van der Waals surface area contributed by atoms with Crippen LogP contribution in [-0.2, 0) is 23.8 Å². The molecule has 0 bridgehead atoms. The normalized spacial score (nSPS) is 11.8. The number of fused-ring (bicyclic) bond motifs is 1. The van der Waals surface area contributed by atoms with Crippen molar-refractivity contribution in [1.82, 2.24) is 19.3 Å². The quantitative estimate of drug-likeness (QED) is 0.456. The van der Waals surface area contributed by atoms with Crippen molar-refractivity contribution in [3.63, 3.8) is 0 Å². The minimum Gasteiger partial charge on any atom is -0.310 e. The summed E-state index contributed by atoms with van der Waals surface area (Å²) in [6.45, 7) is 8.92. The molecule has 1 amide bonds. The molecule has 7 nitrogen and oxygen atoms in total. The third-order valence-corrected chi connectivity index (χ3v) is 5.79. The van der Waals surface area contributed by atoms with E-state index in [0.29, 0.717) is 28.4 Å². The van der Waals surface area contributed by atoms with Crippen LogP contribution in [0, 0.1) is 0 Å². The third kappa shape index (κ3) is 4.92. The van der Waals surface area contributed by atoms with Crippen molar-refractivity contribution in [2.75, 3.05) is 11.1 Å². The summed E-state index contributed by atoms with van der Waals surface area (Å²) in [5.74, 6) is 0.653. The van der Waals surface area contributed by atoms with Crippen LogP contribution < -0.4 is 10.9 Å². The number of unbranched alkanes of at least 4 members (excludes halogenated alkanes) is 1. The fourth-order valence-electron chi connectivity index (χ4n) is 3.03. The van der Waals surface area contributed by atoms with E-state index in [1.165, 1.54) is 11.8 Å². The minimum atomic E-state index is -0.159. The van der Waals surface area contributed by atoms with Crippen LogP contribution in [0.25, 0.3) is 10.9 Å². The summed E-state index contributed by atoms with van der Waals surface area (Å²) >= 11 is 1.28. The van der Waals surface area contributed by atoms with Gasteiger partial charge in [-0.1, -0.05) is 58.0 Å². The number of carbonyl (C=O) groups excluding carboxylic acids is 1. The first-order valence-electron chi connectivity index (χ1n) is 10.2. The molecule has 1 aromatic carbocycles. The Balaban J connectivity index is 1.78. The molecule has 3 rings (SSSR count). The lowest BCUT2D eigenvalue weighted by Gasteiger charge is -2.13. The second kappa shape index (κ2) is 9.04. The van der Waals surface area contributed by atoms with Crippen molar-refractivity contribution in [3.8, 4) is 0 Å². The van der Waals surface area contributed by atoms with Crippen molar-refractivity contribution >= 4 is 34.4 Å². The number of hydrogen-bond donors (Lipinski definition) is 1. The average molecular weight is 428 g/mol. The van der Waals surface area contributed by atoms with E-state index in [2.05, 4.69) is 43.1 Å². The molecule has 160 valence electrons. The predicted molar refractivity (Wildman–Crippen MR) is 122 cm³/mol. The van der Waals surface area contributed by atoms with Gasteiger partial charge in [-0.3, -0.25) is 18.8 Å². The van der Waals surface area contributed by atoms with Crippen molar-refractivity contribution < 1.29 is 4.79 Å². The molecule has 0 aliphatic carbocycles. The molecule has 2 aromatic heterocycles. The molecule has 0 fully saturated rings. The van der Waals surface area contributed by atoms with Gasteiger partial charge in [-0.05, 0) is 18.6 Å². The highest BCUT2D eigenvalue weighted by molar-refractivity contribution is 7.99. The van der Waals surface area contributed by atoms with Crippen LogP contribution in [0.1, 0.15) is 46.2 Å². The van der Waals surface area contributed by atoms with Crippen LogP contribution in [0.3, 0.4) is 0 Å². The Kier molecular flexibility index (Phi) is 6.65. The third-order valence-electron chi connectivity index (χ3n) is 4.81. The SMILES string of the molecule is CCCCn1c(SCC(=O)Nc2cc(C(C)(C)C)nn2C)nc2ccccc2c1=O. The molecule has 2 heterocycles. The van der Waals surface area contributed by atoms with Gasteiger partial charge < -0.3 is 5.32 Å². The van der Waals surface area contributed by atoms with Gasteiger partial charge in [-0.25, -0.2) is 4.98 Å². The number of para-hydroxylation sites is 1. The van der Waals surface area contributed by atoms with Crippen LogP contribution in [0.4, 0.5) is 5.82 Å². The maximum Gasteiger partial charge on any atom is 0.262 e. The highest BCUT2D eigenvalue weighted by Crippen LogP contribution is 2.24. The number of thioether (sulfide) groups is 1. The summed E-state index contributed by atoms with van der Waals surface area (Å²) in [6.07, 6.45) is 1.85. The zero-order valence-corrected chi connectivity index (χ0v) is 19.0. The fourth-order valence-corrected chi connectivity index (χ4v) is 3.86. The predicted octanol–water partition coefficient (Wildman–Crippen LogP) is 3.96. The number of anilines is 1. The molecule has 0 unspecified atom stereocenters. The molecule has 0 aliphatic heterocycles. The molecule has 0 radical (unpaired) electrons. The van der Waals surface area contributed by atoms with E-state index >= 15 is 0 Å². The van der Waals surface area contributed by atoms with Crippen LogP contribution in [0.5, 0.6) is 0 Å². The van der Waals surface area contributed by atoms with E-state index in [4.69, 9.17) is 0 Å². The summed E-state index contributed by atoms with van der Waals surface area (Å²) in [5, 5.41) is 8.57. The van der Waals surface area contributed by atoms with Gasteiger partial charge in [0.25, 0.3) is 5.56 Å². The first-order valence-corrected chi connectivity index (χ1v) is 11.2. The second-order valence-corrected chi connectivity index (χ2v) is 9.29. The maximum atomic E-state index is 12.9. The zero-order valence-electron chi connectivity index (χ0n) is 18.2. The number of benzene rings is 1. The highest BCUT2D eigenvalue weighted by Gasteiger charge is 2.20. The van der Waals surface area contributed by atoms with Gasteiger partial charge in [0.1, 0.15) is 5.82 Å².